The Balaban J connectivity index is 2.16. The summed E-state index contributed by atoms with van der Waals surface area (Å²) >= 11 is 2.25. The molecule has 2 aromatic rings. The summed E-state index contributed by atoms with van der Waals surface area (Å²) in [5.41, 5.74) is 1.63. The normalized spacial score (nSPS) is 10.4. The summed E-state index contributed by atoms with van der Waals surface area (Å²) in [4.78, 5) is 0. The van der Waals surface area contributed by atoms with Crippen LogP contribution in [0.1, 0.15) is 25.0 Å². The number of hydrogen-bond acceptors (Lipinski definition) is 3. The SMILES string of the molecule is CC(C)NCc1ccc(Oc2ccc(I)cc2)c(C#N)c1. The third-order valence-electron chi connectivity index (χ3n) is 2.92. The van der Waals surface area contributed by atoms with Gasteiger partial charge in [-0.25, -0.2) is 0 Å². The van der Waals surface area contributed by atoms with Crippen LogP contribution in [0.5, 0.6) is 11.5 Å². The highest BCUT2D eigenvalue weighted by atomic mass is 127. The van der Waals surface area contributed by atoms with Crippen molar-refractivity contribution in [2.45, 2.75) is 26.4 Å². The van der Waals surface area contributed by atoms with E-state index < -0.39 is 0 Å². The molecule has 0 aliphatic carbocycles. The van der Waals surface area contributed by atoms with Gasteiger partial charge < -0.3 is 10.1 Å². The molecule has 0 spiro atoms. The van der Waals surface area contributed by atoms with Crippen LogP contribution in [0.2, 0.25) is 0 Å². The van der Waals surface area contributed by atoms with E-state index >= 15 is 0 Å². The average molecular weight is 392 g/mol. The molecule has 3 nitrogen and oxygen atoms in total. The first-order valence-electron chi connectivity index (χ1n) is 6.78. The summed E-state index contributed by atoms with van der Waals surface area (Å²) in [6.07, 6.45) is 0. The van der Waals surface area contributed by atoms with E-state index in [1.165, 1.54) is 0 Å². The lowest BCUT2D eigenvalue weighted by Gasteiger charge is -2.11. The summed E-state index contributed by atoms with van der Waals surface area (Å²) in [5, 5.41) is 12.6. The number of ether oxygens (including phenoxy) is 1. The van der Waals surface area contributed by atoms with Gasteiger partial charge in [-0.2, -0.15) is 5.26 Å². The minimum atomic E-state index is 0.415. The second-order valence-electron chi connectivity index (χ2n) is 5.03. The first-order valence-corrected chi connectivity index (χ1v) is 7.86. The summed E-state index contributed by atoms with van der Waals surface area (Å²) in [6.45, 7) is 4.94. The Morgan fingerprint density at radius 2 is 1.90 bits per heavy atom. The van der Waals surface area contributed by atoms with Crippen molar-refractivity contribution >= 4 is 22.6 Å². The Labute approximate surface area is 139 Å². The smallest absolute Gasteiger partial charge is 0.145 e. The van der Waals surface area contributed by atoms with Crippen molar-refractivity contribution < 1.29 is 4.74 Å². The van der Waals surface area contributed by atoms with E-state index in [1.54, 1.807) is 0 Å². The number of hydrogen-bond donors (Lipinski definition) is 1. The molecule has 0 aliphatic rings. The summed E-state index contributed by atoms with van der Waals surface area (Å²) in [5.74, 6) is 1.33. The Hall–Kier alpha value is -1.58. The first-order chi connectivity index (χ1) is 10.1. The molecular formula is C17H17IN2O. The number of nitriles is 1. The van der Waals surface area contributed by atoms with Gasteiger partial charge in [0.25, 0.3) is 0 Å². The number of nitrogens with one attached hydrogen (secondary N) is 1. The topological polar surface area (TPSA) is 45.0 Å². The molecule has 2 rings (SSSR count). The van der Waals surface area contributed by atoms with Crippen LogP contribution in [0.3, 0.4) is 0 Å². The van der Waals surface area contributed by atoms with Crippen LogP contribution in [-0.4, -0.2) is 6.04 Å². The van der Waals surface area contributed by atoms with Crippen molar-refractivity contribution in [2.75, 3.05) is 0 Å². The maximum absolute atomic E-state index is 9.29. The van der Waals surface area contributed by atoms with Crippen molar-refractivity contribution in [3.63, 3.8) is 0 Å². The van der Waals surface area contributed by atoms with Crippen LogP contribution < -0.4 is 10.1 Å². The number of benzene rings is 2. The quantitative estimate of drug-likeness (QED) is 0.765. The van der Waals surface area contributed by atoms with Gasteiger partial charge in [-0.1, -0.05) is 19.9 Å². The van der Waals surface area contributed by atoms with Crippen LogP contribution in [0, 0.1) is 14.9 Å². The molecule has 2 aromatic carbocycles. The maximum Gasteiger partial charge on any atom is 0.145 e. The molecule has 0 atom stereocenters. The molecular weight excluding hydrogens is 375 g/mol. The van der Waals surface area contributed by atoms with Gasteiger partial charge in [0.2, 0.25) is 0 Å². The molecule has 4 heteroatoms. The zero-order chi connectivity index (χ0) is 15.2. The van der Waals surface area contributed by atoms with E-state index in [2.05, 4.69) is 47.8 Å². The van der Waals surface area contributed by atoms with E-state index in [-0.39, 0.29) is 0 Å². The highest BCUT2D eigenvalue weighted by molar-refractivity contribution is 14.1. The highest BCUT2D eigenvalue weighted by Crippen LogP contribution is 2.26. The zero-order valence-corrected chi connectivity index (χ0v) is 14.2. The molecule has 0 radical (unpaired) electrons. The molecule has 0 heterocycles. The average Bonchev–Trinajstić information content (AvgIpc) is 2.48. The van der Waals surface area contributed by atoms with Gasteiger partial charge in [0.05, 0.1) is 5.56 Å². The number of nitrogens with zero attached hydrogens (tertiary/aromatic N) is 1. The van der Waals surface area contributed by atoms with Gasteiger partial charge in [-0.3, -0.25) is 0 Å². The predicted molar refractivity (Wildman–Crippen MR) is 92.4 cm³/mol. The Morgan fingerprint density at radius 3 is 2.52 bits per heavy atom. The van der Waals surface area contributed by atoms with Crippen molar-refractivity contribution in [1.82, 2.24) is 5.32 Å². The summed E-state index contributed by atoms with van der Waals surface area (Å²) in [6, 6.07) is 16.1. The van der Waals surface area contributed by atoms with Crippen molar-refractivity contribution in [2.24, 2.45) is 0 Å². The minimum absolute atomic E-state index is 0.415. The molecule has 0 saturated heterocycles. The van der Waals surface area contributed by atoms with Crippen molar-refractivity contribution in [3.8, 4) is 17.6 Å². The van der Waals surface area contributed by atoms with Gasteiger partial charge in [0.15, 0.2) is 0 Å². The molecule has 1 N–H and O–H groups in total. The Morgan fingerprint density at radius 1 is 1.19 bits per heavy atom. The van der Waals surface area contributed by atoms with E-state index in [4.69, 9.17) is 4.74 Å². The lowest BCUT2D eigenvalue weighted by atomic mass is 10.1. The second-order valence-corrected chi connectivity index (χ2v) is 6.28. The highest BCUT2D eigenvalue weighted by Gasteiger charge is 2.07. The monoisotopic (exact) mass is 392 g/mol. The Kier molecular flexibility index (Phi) is 5.59. The van der Waals surface area contributed by atoms with Crippen LogP contribution in [-0.2, 0) is 6.54 Å². The van der Waals surface area contributed by atoms with Gasteiger partial charge in [0, 0.05) is 16.2 Å². The summed E-state index contributed by atoms with van der Waals surface area (Å²) in [7, 11) is 0. The van der Waals surface area contributed by atoms with E-state index in [1.807, 2.05) is 42.5 Å². The molecule has 0 aromatic heterocycles. The lowest BCUT2D eigenvalue weighted by Crippen LogP contribution is -2.21. The standard InChI is InChI=1S/C17H17IN2O/c1-12(2)20-11-13-3-8-17(14(9-13)10-19)21-16-6-4-15(18)5-7-16/h3-9,12,20H,11H2,1-2H3. The first kappa shape index (κ1) is 15.8. The van der Waals surface area contributed by atoms with Gasteiger partial charge in [0.1, 0.15) is 17.6 Å². The molecule has 0 fully saturated rings. The van der Waals surface area contributed by atoms with Gasteiger partial charge >= 0.3 is 0 Å². The number of rotatable bonds is 5. The van der Waals surface area contributed by atoms with Gasteiger partial charge in [-0.05, 0) is 64.6 Å². The molecule has 0 amide bonds. The lowest BCUT2D eigenvalue weighted by molar-refractivity contribution is 0.480. The summed E-state index contributed by atoms with van der Waals surface area (Å²) < 4.78 is 6.94. The van der Waals surface area contributed by atoms with Gasteiger partial charge in [-0.15, -0.1) is 0 Å². The number of halogens is 1. The largest absolute Gasteiger partial charge is 0.456 e. The van der Waals surface area contributed by atoms with E-state index in [0.29, 0.717) is 17.4 Å². The predicted octanol–water partition coefficient (Wildman–Crippen LogP) is 4.45. The fourth-order valence-electron chi connectivity index (χ4n) is 1.82. The van der Waals surface area contributed by atoms with E-state index in [9.17, 15) is 5.26 Å². The van der Waals surface area contributed by atoms with Crippen LogP contribution in [0.15, 0.2) is 42.5 Å². The second kappa shape index (κ2) is 7.43. The van der Waals surface area contributed by atoms with Crippen molar-refractivity contribution in [1.29, 1.82) is 5.26 Å². The third-order valence-corrected chi connectivity index (χ3v) is 3.64. The molecule has 0 unspecified atom stereocenters. The van der Waals surface area contributed by atoms with Crippen LogP contribution >= 0.6 is 22.6 Å². The fourth-order valence-corrected chi connectivity index (χ4v) is 2.17. The molecule has 0 saturated carbocycles. The third kappa shape index (κ3) is 4.73. The maximum atomic E-state index is 9.29. The van der Waals surface area contributed by atoms with E-state index in [0.717, 1.165) is 21.4 Å². The van der Waals surface area contributed by atoms with Crippen LogP contribution in [0.4, 0.5) is 0 Å². The Bertz CT molecular complexity index is 645. The molecule has 108 valence electrons. The van der Waals surface area contributed by atoms with Crippen molar-refractivity contribution in [3.05, 3.63) is 57.2 Å². The van der Waals surface area contributed by atoms with Crippen LogP contribution in [0.25, 0.3) is 0 Å². The molecule has 0 bridgehead atoms. The molecule has 21 heavy (non-hydrogen) atoms. The minimum Gasteiger partial charge on any atom is -0.456 e. The molecule has 0 aliphatic heterocycles. The fraction of sp³-hybridized carbons (Fsp3) is 0.235. The zero-order valence-electron chi connectivity index (χ0n) is 12.1.